The first-order valence-electron chi connectivity index (χ1n) is 8.63. The second kappa shape index (κ2) is 7.75. The molecule has 1 aliphatic carbocycles. The van der Waals surface area contributed by atoms with Crippen LogP contribution in [-0.2, 0) is 16.0 Å². The lowest BCUT2D eigenvalue weighted by atomic mass is 10.1. The number of piperazine rings is 1. The Bertz CT molecular complexity index is 596. The third kappa shape index (κ3) is 4.54. The highest BCUT2D eigenvalue weighted by Gasteiger charge is 2.25. The molecule has 130 valence electrons. The van der Waals surface area contributed by atoms with Crippen molar-refractivity contribution in [3.63, 3.8) is 0 Å². The van der Waals surface area contributed by atoms with E-state index in [2.05, 4.69) is 5.32 Å². The van der Waals surface area contributed by atoms with Crippen LogP contribution in [0.2, 0.25) is 0 Å². The number of carbonyl (C=O) groups is 2. The molecule has 0 bridgehead atoms. The van der Waals surface area contributed by atoms with Gasteiger partial charge in [0.05, 0.1) is 13.0 Å². The molecule has 3 rings (SSSR count). The lowest BCUT2D eigenvalue weighted by Gasteiger charge is -2.35. The molecule has 5 nitrogen and oxygen atoms in total. The fourth-order valence-electron chi connectivity index (χ4n) is 2.94. The molecule has 0 aromatic heterocycles. The summed E-state index contributed by atoms with van der Waals surface area (Å²) in [7, 11) is 0. The van der Waals surface area contributed by atoms with Gasteiger partial charge in [0.25, 0.3) is 0 Å². The summed E-state index contributed by atoms with van der Waals surface area (Å²) in [6, 6.07) is 6.36. The summed E-state index contributed by atoms with van der Waals surface area (Å²) in [6.07, 6.45) is 2.61. The van der Waals surface area contributed by atoms with Gasteiger partial charge in [-0.15, -0.1) is 0 Å². The standard InChI is InChI=1S/C18H24FN3O2/c19-16-4-2-1-3-15(16)11-17(23)21-7-9-22(10-8-21)18(24)13-20-12-14-5-6-14/h1-4,14,20H,5-13H2. The average Bonchev–Trinajstić information content (AvgIpc) is 3.41. The van der Waals surface area contributed by atoms with Gasteiger partial charge in [0, 0.05) is 26.2 Å². The highest BCUT2D eigenvalue weighted by Crippen LogP contribution is 2.27. The highest BCUT2D eigenvalue weighted by molar-refractivity contribution is 5.80. The fourth-order valence-corrected chi connectivity index (χ4v) is 2.94. The summed E-state index contributed by atoms with van der Waals surface area (Å²) in [6.45, 7) is 3.43. The van der Waals surface area contributed by atoms with Gasteiger partial charge in [-0.25, -0.2) is 4.39 Å². The van der Waals surface area contributed by atoms with Crippen LogP contribution in [0.15, 0.2) is 24.3 Å². The predicted octanol–water partition coefficient (Wildman–Crippen LogP) is 1.04. The first kappa shape index (κ1) is 16.9. The third-order valence-corrected chi connectivity index (χ3v) is 4.69. The Morgan fingerprint density at radius 2 is 1.67 bits per heavy atom. The molecule has 0 spiro atoms. The maximum atomic E-state index is 13.6. The van der Waals surface area contributed by atoms with Crippen molar-refractivity contribution in [3.8, 4) is 0 Å². The van der Waals surface area contributed by atoms with Crippen LogP contribution in [0.5, 0.6) is 0 Å². The Kier molecular flexibility index (Phi) is 5.45. The summed E-state index contributed by atoms with van der Waals surface area (Å²) in [4.78, 5) is 27.9. The predicted molar refractivity (Wildman–Crippen MR) is 88.9 cm³/mol. The molecule has 0 unspecified atom stereocenters. The summed E-state index contributed by atoms with van der Waals surface area (Å²) in [5.74, 6) is 0.419. The van der Waals surface area contributed by atoms with Crippen LogP contribution in [0.25, 0.3) is 0 Å². The highest BCUT2D eigenvalue weighted by atomic mass is 19.1. The van der Waals surface area contributed by atoms with Gasteiger partial charge in [-0.3, -0.25) is 9.59 Å². The monoisotopic (exact) mass is 333 g/mol. The van der Waals surface area contributed by atoms with Crippen LogP contribution in [-0.4, -0.2) is 60.9 Å². The van der Waals surface area contributed by atoms with E-state index in [4.69, 9.17) is 0 Å². The van der Waals surface area contributed by atoms with Crippen LogP contribution < -0.4 is 5.32 Å². The van der Waals surface area contributed by atoms with Gasteiger partial charge in [-0.2, -0.15) is 0 Å². The molecule has 2 fully saturated rings. The first-order chi connectivity index (χ1) is 11.6. The van der Waals surface area contributed by atoms with E-state index < -0.39 is 0 Å². The average molecular weight is 333 g/mol. The minimum atomic E-state index is -0.346. The molecule has 1 aliphatic heterocycles. The summed E-state index contributed by atoms with van der Waals surface area (Å²) < 4.78 is 13.6. The van der Waals surface area contributed by atoms with E-state index in [0.29, 0.717) is 38.3 Å². The molecular formula is C18H24FN3O2. The molecule has 0 radical (unpaired) electrons. The molecule has 6 heteroatoms. The van der Waals surface area contributed by atoms with E-state index in [-0.39, 0.29) is 24.1 Å². The van der Waals surface area contributed by atoms with E-state index in [1.54, 1.807) is 28.0 Å². The van der Waals surface area contributed by atoms with Crippen molar-refractivity contribution < 1.29 is 14.0 Å². The van der Waals surface area contributed by atoms with Crippen LogP contribution >= 0.6 is 0 Å². The number of rotatable bonds is 6. The molecule has 1 saturated carbocycles. The normalized spacial score (nSPS) is 17.9. The SMILES string of the molecule is O=C(CNCC1CC1)N1CCN(C(=O)Cc2ccccc2F)CC1. The van der Waals surface area contributed by atoms with Crippen molar-refractivity contribution in [3.05, 3.63) is 35.6 Å². The van der Waals surface area contributed by atoms with Gasteiger partial charge in [-0.05, 0) is 36.9 Å². The topological polar surface area (TPSA) is 52.7 Å². The minimum absolute atomic E-state index is 0.0730. The summed E-state index contributed by atoms with van der Waals surface area (Å²) in [5.41, 5.74) is 0.422. The molecule has 1 heterocycles. The van der Waals surface area contributed by atoms with Gasteiger partial charge in [0.2, 0.25) is 11.8 Å². The van der Waals surface area contributed by atoms with Crippen molar-refractivity contribution in [2.75, 3.05) is 39.3 Å². The van der Waals surface area contributed by atoms with Crippen molar-refractivity contribution in [1.29, 1.82) is 0 Å². The maximum absolute atomic E-state index is 13.6. The molecular weight excluding hydrogens is 309 g/mol. The molecule has 0 atom stereocenters. The van der Waals surface area contributed by atoms with Crippen molar-refractivity contribution in [2.24, 2.45) is 5.92 Å². The molecule has 2 aliphatic rings. The fraction of sp³-hybridized carbons (Fsp3) is 0.556. The van der Waals surface area contributed by atoms with E-state index in [9.17, 15) is 14.0 Å². The Labute approximate surface area is 141 Å². The largest absolute Gasteiger partial charge is 0.339 e. The number of hydrogen-bond acceptors (Lipinski definition) is 3. The van der Waals surface area contributed by atoms with E-state index in [0.717, 1.165) is 12.5 Å². The van der Waals surface area contributed by atoms with Crippen LogP contribution in [0, 0.1) is 11.7 Å². The second-order valence-corrected chi connectivity index (χ2v) is 6.60. The molecule has 1 saturated heterocycles. The van der Waals surface area contributed by atoms with Crippen molar-refractivity contribution in [2.45, 2.75) is 19.3 Å². The quantitative estimate of drug-likeness (QED) is 0.846. The van der Waals surface area contributed by atoms with Gasteiger partial charge in [0.15, 0.2) is 0 Å². The number of benzene rings is 1. The van der Waals surface area contributed by atoms with Gasteiger partial charge < -0.3 is 15.1 Å². The maximum Gasteiger partial charge on any atom is 0.236 e. The van der Waals surface area contributed by atoms with Crippen LogP contribution in [0.1, 0.15) is 18.4 Å². The Hall–Kier alpha value is -1.95. The van der Waals surface area contributed by atoms with Crippen LogP contribution in [0.4, 0.5) is 4.39 Å². The first-order valence-corrected chi connectivity index (χ1v) is 8.63. The summed E-state index contributed by atoms with van der Waals surface area (Å²) >= 11 is 0. The van der Waals surface area contributed by atoms with E-state index >= 15 is 0 Å². The number of nitrogens with zero attached hydrogens (tertiary/aromatic N) is 2. The van der Waals surface area contributed by atoms with E-state index in [1.165, 1.54) is 18.9 Å². The Morgan fingerprint density at radius 3 is 2.29 bits per heavy atom. The zero-order valence-electron chi connectivity index (χ0n) is 13.8. The molecule has 24 heavy (non-hydrogen) atoms. The minimum Gasteiger partial charge on any atom is -0.339 e. The summed E-state index contributed by atoms with van der Waals surface area (Å²) in [5, 5.41) is 3.20. The number of amides is 2. The lowest BCUT2D eigenvalue weighted by Crippen LogP contribution is -2.52. The number of nitrogens with one attached hydrogen (secondary N) is 1. The Balaban J connectivity index is 1.41. The molecule has 2 amide bonds. The second-order valence-electron chi connectivity index (χ2n) is 6.60. The van der Waals surface area contributed by atoms with Gasteiger partial charge in [-0.1, -0.05) is 18.2 Å². The zero-order valence-corrected chi connectivity index (χ0v) is 13.8. The lowest BCUT2D eigenvalue weighted by molar-refractivity contribution is -0.138. The van der Waals surface area contributed by atoms with E-state index in [1.807, 2.05) is 0 Å². The van der Waals surface area contributed by atoms with Gasteiger partial charge in [0.1, 0.15) is 5.82 Å². The Morgan fingerprint density at radius 1 is 1.04 bits per heavy atom. The number of halogens is 1. The molecule has 1 aromatic rings. The van der Waals surface area contributed by atoms with Crippen molar-refractivity contribution in [1.82, 2.24) is 15.1 Å². The molecule has 1 N–H and O–H groups in total. The number of carbonyl (C=O) groups excluding carboxylic acids is 2. The van der Waals surface area contributed by atoms with Crippen LogP contribution in [0.3, 0.4) is 0 Å². The van der Waals surface area contributed by atoms with Gasteiger partial charge >= 0.3 is 0 Å². The number of hydrogen-bond donors (Lipinski definition) is 1. The third-order valence-electron chi connectivity index (χ3n) is 4.69. The molecule has 1 aromatic carbocycles. The zero-order chi connectivity index (χ0) is 16.9. The van der Waals surface area contributed by atoms with Crippen molar-refractivity contribution >= 4 is 11.8 Å². The smallest absolute Gasteiger partial charge is 0.236 e.